The summed E-state index contributed by atoms with van der Waals surface area (Å²) in [5.74, 6) is 9.90. The molecule has 3 aromatic rings. The van der Waals surface area contributed by atoms with E-state index in [4.69, 9.17) is 22.3 Å². The molecule has 1 aromatic heterocycles. The van der Waals surface area contributed by atoms with Crippen molar-refractivity contribution < 1.29 is 32.4 Å². The Morgan fingerprint density at radius 1 is 0.862 bits per heavy atom. The second-order valence-electron chi connectivity index (χ2n) is 5.31. The Bertz CT molecular complexity index is 1210. The average molecular weight is 555 g/mol. The third-order valence-corrected chi connectivity index (χ3v) is 3.59. The van der Waals surface area contributed by atoms with Crippen molar-refractivity contribution in [3.8, 4) is 82.6 Å². The van der Waals surface area contributed by atoms with Crippen LogP contribution in [0.4, 0.5) is 0 Å². The van der Waals surface area contributed by atoms with Crippen LogP contribution in [0.1, 0.15) is 2.85 Å². The topological polar surface area (TPSA) is 31.4 Å². The molecule has 0 aliphatic rings. The Labute approximate surface area is 186 Å². The number of benzene rings is 2. The third kappa shape index (κ3) is 5.78. The monoisotopic (exact) mass is 555 g/mol. The van der Waals surface area contributed by atoms with Gasteiger partial charge in [0.1, 0.15) is 12.2 Å². The molecule has 0 aliphatic carbocycles. The maximum Gasteiger partial charge on any atom is 0.184 e. The first kappa shape index (κ1) is 21.4. The molecule has 2 aromatic carbocycles. The van der Waals surface area contributed by atoms with Gasteiger partial charge in [0.25, 0.3) is 0 Å². The molecule has 4 heteroatoms. The summed E-state index contributed by atoms with van der Waals surface area (Å²) in [5, 5.41) is 0. The molecule has 0 fully saturated rings. The van der Waals surface area contributed by atoms with E-state index >= 15 is 0 Å². The first-order chi connectivity index (χ1) is 13.8. The summed E-state index contributed by atoms with van der Waals surface area (Å²) >= 11 is 0. The number of terminal acetylenes is 2. The summed E-state index contributed by atoms with van der Waals surface area (Å²) in [6.07, 6.45) is 16.8. The van der Waals surface area contributed by atoms with E-state index in [2.05, 4.69) is 46.9 Å². The van der Waals surface area contributed by atoms with Crippen LogP contribution >= 0.6 is 0 Å². The van der Waals surface area contributed by atoms with Gasteiger partial charge in [-0.05, 0) is 41.3 Å². The number of ether oxygens (including phenoxy) is 2. The minimum absolute atomic E-state index is 0. The van der Waals surface area contributed by atoms with E-state index in [1.54, 1.807) is 18.3 Å². The number of hydrogen-bond donors (Lipinski definition) is 0. The molecule has 0 amide bonds. The van der Waals surface area contributed by atoms with Crippen molar-refractivity contribution in [1.82, 2.24) is 4.98 Å². The molecule has 29 heavy (non-hydrogen) atoms. The van der Waals surface area contributed by atoms with E-state index in [1.807, 2.05) is 42.5 Å². The smallest absolute Gasteiger partial charge is 0.184 e. The van der Waals surface area contributed by atoms with Gasteiger partial charge in [0, 0.05) is 41.0 Å². The van der Waals surface area contributed by atoms with Crippen LogP contribution in [0.3, 0.4) is 0 Å². The molecule has 0 bridgehead atoms. The molecule has 1 radical (unpaired) electrons. The predicted octanol–water partition coefficient (Wildman–Crippen LogP) is 4.65. The number of hydrogen-bond acceptors (Lipinski definition) is 3. The first-order valence-corrected chi connectivity index (χ1v) is 8.14. The maximum atomic E-state index is 5.42. The first-order valence-electron chi connectivity index (χ1n) is 8.14. The Morgan fingerprint density at radius 2 is 1.59 bits per heavy atom. The number of rotatable bonds is 4. The molecular formula is C25H16IrNO2-. The van der Waals surface area contributed by atoms with E-state index in [0.717, 1.165) is 22.4 Å². The minimum atomic E-state index is 0. The van der Waals surface area contributed by atoms with Crippen molar-refractivity contribution in [2.24, 2.45) is 0 Å². The molecular weight excluding hydrogens is 538 g/mol. The molecule has 0 atom stereocenters. The normalized spacial score (nSPS) is 8.48. The zero-order valence-electron chi connectivity index (χ0n) is 15.0. The quantitative estimate of drug-likeness (QED) is 0.348. The fraction of sp³-hybridized carbons (Fsp3) is 0. The van der Waals surface area contributed by atoms with Crippen LogP contribution in [-0.4, -0.2) is 4.98 Å². The van der Waals surface area contributed by atoms with Crippen LogP contribution in [0, 0.1) is 54.8 Å². The van der Waals surface area contributed by atoms with Crippen molar-refractivity contribution in [3.05, 3.63) is 66.9 Å². The van der Waals surface area contributed by atoms with Gasteiger partial charge in [0.15, 0.2) is 11.5 Å². The Balaban J connectivity index is 0.00000300. The van der Waals surface area contributed by atoms with E-state index in [-0.39, 0.29) is 23.0 Å². The zero-order chi connectivity index (χ0) is 19.6. The van der Waals surface area contributed by atoms with E-state index in [0.29, 0.717) is 11.5 Å². The summed E-state index contributed by atoms with van der Waals surface area (Å²) in [7, 11) is 0. The molecule has 1 heterocycles. The summed E-state index contributed by atoms with van der Waals surface area (Å²) < 4.78 is 10.7. The van der Waals surface area contributed by atoms with Crippen LogP contribution < -0.4 is 9.47 Å². The third-order valence-electron chi connectivity index (χ3n) is 3.59. The second-order valence-corrected chi connectivity index (χ2v) is 5.31. The van der Waals surface area contributed by atoms with E-state index < -0.39 is 0 Å². The fourth-order valence-corrected chi connectivity index (χ4v) is 2.39. The van der Waals surface area contributed by atoms with Gasteiger partial charge in [-0.25, -0.2) is 0 Å². The van der Waals surface area contributed by atoms with Crippen LogP contribution in [0.2, 0.25) is 0 Å². The molecule has 143 valence electrons. The van der Waals surface area contributed by atoms with Gasteiger partial charge in [0.2, 0.25) is 0 Å². The van der Waals surface area contributed by atoms with Crippen LogP contribution in [0.15, 0.2) is 60.8 Å². The molecule has 0 unspecified atom stereocenters. The molecule has 3 rings (SSSR count). The van der Waals surface area contributed by atoms with Crippen molar-refractivity contribution in [3.63, 3.8) is 0 Å². The van der Waals surface area contributed by atoms with Crippen molar-refractivity contribution in [2.45, 2.75) is 0 Å². The maximum absolute atomic E-state index is 5.42. The van der Waals surface area contributed by atoms with Gasteiger partial charge in [-0.1, -0.05) is 18.2 Å². The van der Waals surface area contributed by atoms with Crippen LogP contribution in [-0.2, 0) is 20.1 Å². The number of aromatic nitrogens is 1. The van der Waals surface area contributed by atoms with Gasteiger partial charge in [-0.15, -0.1) is 48.2 Å². The van der Waals surface area contributed by atoms with Gasteiger partial charge in [-0.3, -0.25) is 0 Å². The van der Waals surface area contributed by atoms with Crippen molar-refractivity contribution in [2.75, 3.05) is 0 Å². The van der Waals surface area contributed by atoms with Crippen LogP contribution in [0.5, 0.6) is 11.5 Å². The second kappa shape index (κ2) is 11.0. The number of pyridine rings is 1. The largest absolute Gasteiger partial charge is 0.403 e. The SMILES string of the molecule is C#CC#COc1ccc(-c2cc[c-]c(-c3ccccn3)c2)cc1OC#CC#C.[HH].[HH].[Ir]. The fourth-order valence-electron chi connectivity index (χ4n) is 2.39. The molecule has 0 aliphatic heterocycles. The average Bonchev–Trinajstić information content (AvgIpc) is 2.75. The predicted molar refractivity (Wildman–Crippen MR) is 113 cm³/mol. The van der Waals surface area contributed by atoms with Crippen LogP contribution in [0.25, 0.3) is 22.4 Å². The molecule has 0 spiro atoms. The van der Waals surface area contributed by atoms with Crippen molar-refractivity contribution in [1.29, 1.82) is 0 Å². The minimum Gasteiger partial charge on any atom is -0.403 e. The van der Waals surface area contributed by atoms with Gasteiger partial charge >= 0.3 is 0 Å². The number of nitrogens with zero attached hydrogens (tertiary/aromatic N) is 1. The Morgan fingerprint density at radius 3 is 2.28 bits per heavy atom. The van der Waals surface area contributed by atoms with Gasteiger partial charge < -0.3 is 14.5 Å². The zero-order valence-corrected chi connectivity index (χ0v) is 17.4. The van der Waals surface area contributed by atoms with E-state index in [9.17, 15) is 0 Å². The Kier molecular flexibility index (Phi) is 8.14. The molecule has 0 saturated carbocycles. The molecule has 0 saturated heterocycles. The summed E-state index contributed by atoms with van der Waals surface area (Å²) in [6.45, 7) is 0. The van der Waals surface area contributed by atoms with Gasteiger partial charge in [-0.2, -0.15) is 0 Å². The standard InChI is InChI=1S/C25H12NO2.Ir.2H2/c1-3-5-16-27-24-14-13-21(19-25(24)28-17-6-4-2)20-10-9-11-22(18-20)23-12-7-8-15-26-23;;;/h1-2,7-10,12-15,18-19H;;2*1H/q-1;;;. The molecule has 0 N–H and O–H groups in total. The summed E-state index contributed by atoms with van der Waals surface area (Å²) in [5.41, 5.74) is 3.56. The van der Waals surface area contributed by atoms with Gasteiger partial charge in [0.05, 0.1) is 0 Å². The van der Waals surface area contributed by atoms with Crippen molar-refractivity contribution >= 4 is 0 Å². The summed E-state index contributed by atoms with van der Waals surface area (Å²) in [6, 6.07) is 20.1. The summed E-state index contributed by atoms with van der Waals surface area (Å²) in [4.78, 5) is 4.36. The molecule has 3 nitrogen and oxygen atoms in total. The Hall–Kier alpha value is -3.92. The van der Waals surface area contributed by atoms with E-state index in [1.165, 1.54) is 0 Å².